The van der Waals surface area contributed by atoms with E-state index in [4.69, 9.17) is 4.98 Å². The highest BCUT2D eigenvalue weighted by Crippen LogP contribution is 2.37. The molecule has 0 spiro atoms. The molecule has 1 aliphatic carbocycles. The van der Waals surface area contributed by atoms with Crippen molar-refractivity contribution in [3.63, 3.8) is 0 Å². The van der Waals surface area contributed by atoms with Gasteiger partial charge in [0.25, 0.3) is 0 Å². The molecule has 0 radical (unpaired) electrons. The minimum Gasteiger partial charge on any atom is -0.256 e. The third-order valence-electron chi connectivity index (χ3n) is 5.83. The van der Waals surface area contributed by atoms with Crippen molar-refractivity contribution < 1.29 is 0 Å². The molecule has 4 rings (SSSR count). The summed E-state index contributed by atoms with van der Waals surface area (Å²) in [5, 5.41) is 2.58. The minimum absolute atomic E-state index is 0.140. The summed E-state index contributed by atoms with van der Waals surface area (Å²) in [6.45, 7) is 9.00. The second-order valence-corrected chi connectivity index (χ2v) is 8.96. The number of aryl methyl sites for hydroxylation is 1. The zero-order chi connectivity index (χ0) is 18.3. The van der Waals surface area contributed by atoms with Crippen molar-refractivity contribution in [3.8, 4) is 11.3 Å². The molecular formula is C25H29N. The molecule has 0 bridgehead atoms. The number of pyridine rings is 1. The first-order valence-corrected chi connectivity index (χ1v) is 9.93. The molecule has 1 fully saturated rings. The van der Waals surface area contributed by atoms with Gasteiger partial charge in [-0.1, -0.05) is 63.4 Å². The average Bonchev–Trinajstić information content (AvgIpc) is 3.14. The smallest absolute Gasteiger partial charge is 0.0780 e. The molecule has 26 heavy (non-hydrogen) atoms. The molecule has 1 saturated carbocycles. The summed E-state index contributed by atoms with van der Waals surface area (Å²) in [5.74, 6) is 0.752. The van der Waals surface area contributed by atoms with Crippen LogP contribution in [0, 0.1) is 6.92 Å². The van der Waals surface area contributed by atoms with Crippen molar-refractivity contribution in [3.05, 3.63) is 65.4 Å². The van der Waals surface area contributed by atoms with Gasteiger partial charge in [-0.25, -0.2) is 0 Å². The van der Waals surface area contributed by atoms with Crippen LogP contribution in [0.5, 0.6) is 0 Å². The largest absolute Gasteiger partial charge is 0.256 e. The highest BCUT2D eigenvalue weighted by molar-refractivity contribution is 5.95. The van der Waals surface area contributed by atoms with Crippen molar-refractivity contribution in [2.24, 2.45) is 0 Å². The van der Waals surface area contributed by atoms with E-state index < -0.39 is 0 Å². The predicted octanol–water partition coefficient (Wildman–Crippen LogP) is 7.17. The summed E-state index contributed by atoms with van der Waals surface area (Å²) in [6, 6.07) is 16.1. The lowest BCUT2D eigenvalue weighted by Crippen LogP contribution is -2.11. The summed E-state index contributed by atoms with van der Waals surface area (Å²) in [4.78, 5) is 4.77. The second-order valence-electron chi connectivity index (χ2n) is 8.96. The van der Waals surface area contributed by atoms with Gasteiger partial charge in [0.05, 0.1) is 5.69 Å². The Morgan fingerprint density at radius 3 is 2.42 bits per heavy atom. The predicted molar refractivity (Wildman–Crippen MR) is 112 cm³/mol. The first-order valence-electron chi connectivity index (χ1n) is 9.93. The zero-order valence-electron chi connectivity index (χ0n) is 16.5. The van der Waals surface area contributed by atoms with Crippen molar-refractivity contribution in [1.29, 1.82) is 0 Å². The molecule has 3 aromatic rings. The molecule has 0 aliphatic heterocycles. The third-order valence-corrected chi connectivity index (χ3v) is 5.83. The molecule has 1 aromatic heterocycles. The number of nitrogens with zero attached hydrogens (tertiary/aromatic N) is 1. The second kappa shape index (κ2) is 6.54. The molecule has 1 aliphatic rings. The standard InChI is InChI=1S/C25H29N/c1-17-13-21(16-22(14-17)25(2,3)4)24-23-10-9-19(18-7-5-6-8-18)15-20(23)11-12-26-24/h9-16,18H,5-8H2,1-4H3. The maximum absolute atomic E-state index is 4.77. The lowest BCUT2D eigenvalue weighted by atomic mass is 9.84. The fraction of sp³-hybridized carbons (Fsp3) is 0.400. The fourth-order valence-electron chi connectivity index (χ4n) is 4.29. The van der Waals surface area contributed by atoms with E-state index in [9.17, 15) is 0 Å². The first kappa shape index (κ1) is 17.3. The lowest BCUT2D eigenvalue weighted by Gasteiger charge is -2.21. The molecule has 2 aromatic carbocycles. The molecule has 1 heterocycles. The Labute approximate surface area is 157 Å². The van der Waals surface area contributed by atoms with E-state index in [0.717, 1.165) is 11.6 Å². The number of fused-ring (bicyclic) bond motifs is 1. The Morgan fingerprint density at radius 1 is 0.923 bits per heavy atom. The summed E-state index contributed by atoms with van der Waals surface area (Å²) in [6.07, 6.45) is 7.41. The minimum atomic E-state index is 0.140. The molecule has 0 unspecified atom stereocenters. The van der Waals surface area contributed by atoms with Gasteiger partial charge in [-0.15, -0.1) is 0 Å². The van der Waals surface area contributed by atoms with Crippen molar-refractivity contribution in [2.45, 2.75) is 64.7 Å². The maximum atomic E-state index is 4.77. The van der Waals surface area contributed by atoms with Gasteiger partial charge in [-0.2, -0.15) is 0 Å². The van der Waals surface area contributed by atoms with E-state index in [1.54, 1.807) is 0 Å². The van der Waals surface area contributed by atoms with E-state index in [-0.39, 0.29) is 5.41 Å². The van der Waals surface area contributed by atoms with Gasteiger partial charge in [-0.3, -0.25) is 4.98 Å². The molecule has 0 N–H and O–H groups in total. The van der Waals surface area contributed by atoms with Gasteiger partial charge < -0.3 is 0 Å². The summed E-state index contributed by atoms with van der Waals surface area (Å²) < 4.78 is 0. The highest BCUT2D eigenvalue weighted by Gasteiger charge is 2.19. The van der Waals surface area contributed by atoms with E-state index in [1.165, 1.54) is 58.7 Å². The van der Waals surface area contributed by atoms with Crippen LogP contribution in [0.1, 0.15) is 69.1 Å². The van der Waals surface area contributed by atoms with Crippen molar-refractivity contribution in [1.82, 2.24) is 4.98 Å². The van der Waals surface area contributed by atoms with Crippen LogP contribution in [0.3, 0.4) is 0 Å². The average molecular weight is 344 g/mol. The van der Waals surface area contributed by atoms with Crippen LogP contribution in [0.2, 0.25) is 0 Å². The highest BCUT2D eigenvalue weighted by atomic mass is 14.7. The van der Waals surface area contributed by atoms with Gasteiger partial charge in [0.2, 0.25) is 0 Å². The lowest BCUT2D eigenvalue weighted by molar-refractivity contribution is 0.590. The Kier molecular flexibility index (Phi) is 4.34. The molecule has 134 valence electrons. The number of benzene rings is 2. The normalized spacial score (nSPS) is 15.7. The van der Waals surface area contributed by atoms with Crippen LogP contribution in [-0.4, -0.2) is 4.98 Å². The van der Waals surface area contributed by atoms with Gasteiger partial charge in [-0.05, 0) is 65.8 Å². The summed E-state index contributed by atoms with van der Waals surface area (Å²) in [7, 11) is 0. The Balaban J connectivity index is 1.83. The third kappa shape index (κ3) is 3.28. The van der Waals surface area contributed by atoms with Crippen LogP contribution >= 0.6 is 0 Å². The SMILES string of the molecule is Cc1cc(-c2nccc3cc(C4CCCC4)ccc23)cc(C(C)(C)C)c1. The first-order chi connectivity index (χ1) is 12.4. The number of rotatable bonds is 2. The maximum Gasteiger partial charge on any atom is 0.0780 e. The Bertz CT molecular complexity index is 940. The quantitative estimate of drug-likeness (QED) is 0.481. The van der Waals surface area contributed by atoms with Gasteiger partial charge in [0.1, 0.15) is 0 Å². The number of hydrogen-bond acceptors (Lipinski definition) is 1. The molecule has 0 amide bonds. The van der Waals surface area contributed by atoms with Crippen LogP contribution in [0.25, 0.3) is 22.0 Å². The van der Waals surface area contributed by atoms with E-state index in [2.05, 4.69) is 70.2 Å². The summed E-state index contributed by atoms with van der Waals surface area (Å²) >= 11 is 0. The van der Waals surface area contributed by atoms with Crippen molar-refractivity contribution in [2.75, 3.05) is 0 Å². The van der Waals surface area contributed by atoms with Crippen LogP contribution in [-0.2, 0) is 5.41 Å². The van der Waals surface area contributed by atoms with Crippen LogP contribution < -0.4 is 0 Å². The molecular weight excluding hydrogens is 314 g/mol. The van der Waals surface area contributed by atoms with E-state index in [0.29, 0.717) is 0 Å². The molecule has 0 atom stereocenters. The topological polar surface area (TPSA) is 12.9 Å². The van der Waals surface area contributed by atoms with E-state index in [1.807, 2.05) is 6.20 Å². The van der Waals surface area contributed by atoms with Crippen molar-refractivity contribution >= 4 is 10.8 Å². The molecule has 1 heteroatoms. The number of hydrogen-bond donors (Lipinski definition) is 0. The zero-order valence-corrected chi connectivity index (χ0v) is 16.5. The van der Waals surface area contributed by atoms with Crippen LogP contribution in [0.15, 0.2) is 48.7 Å². The van der Waals surface area contributed by atoms with Gasteiger partial charge >= 0.3 is 0 Å². The van der Waals surface area contributed by atoms with Crippen LogP contribution in [0.4, 0.5) is 0 Å². The molecule has 1 nitrogen and oxygen atoms in total. The molecule has 0 saturated heterocycles. The Morgan fingerprint density at radius 2 is 1.69 bits per heavy atom. The Hall–Kier alpha value is -2.15. The van der Waals surface area contributed by atoms with Gasteiger partial charge in [0.15, 0.2) is 0 Å². The number of aromatic nitrogens is 1. The summed E-state index contributed by atoms with van der Waals surface area (Å²) in [5.41, 5.74) is 6.65. The van der Waals surface area contributed by atoms with E-state index >= 15 is 0 Å². The monoisotopic (exact) mass is 343 g/mol. The fourth-order valence-corrected chi connectivity index (χ4v) is 4.29. The van der Waals surface area contributed by atoms with Gasteiger partial charge in [0, 0.05) is 17.1 Å².